The number of halogens is 1. The molecule has 0 atom stereocenters. The van der Waals surface area contributed by atoms with Crippen LogP contribution >= 0.6 is 11.6 Å². The third kappa shape index (κ3) is 3.14. The summed E-state index contributed by atoms with van der Waals surface area (Å²) in [6, 6.07) is 4.62. The fourth-order valence-corrected chi connectivity index (χ4v) is 1.59. The first-order valence-corrected chi connectivity index (χ1v) is 5.75. The molecule has 0 aromatic heterocycles. The normalized spacial score (nSPS) is 10.5. The molecule has 0 fully saturated rings. The summed E-state index contributed by atoms with van der Waals surface area (Å²) in [5, 5.41) is 12.3. The lowest BCUT2D eigenvalue weighted by atomic mass is 10.1. The van der Waals surface area contributed by atoms with Crippen LogP contribution in [0.5, 0.6) is 5.75 Å². The molecule has 0 aliphatic carbocycles. The summed E-state index contributed by atoms with van der Waals surface area (Å²) in [5.74, 6) is -0.170. The number of carbonyl (C=O) groups is 1. The molecule has 3 nitrogen and oxygen atoms in total. The fraction of sp³-hybridized carbons (Fsp3) is 0.417. The summed E-state index contributed by atoms with van der Waals surface area (Å²) in [5.41, 5.74) is 0.467. The summed E-state index contributed by atoms with van der Waals surface area (Å²) in [4.78, 5) is 11.8. The van der Waals surface area contributed by atoms with E-state index in [4.69, 9.17) is 11.6 Å². The van der Waals surface area contributed by atoms with Crippen LogP contribution in [0.4, 0.5) is 0 Å². The molecular formula is C12H16ClNO2. The molecule has 1 aromatic rings. The van der Waals surface area contributed by atoms with Crippen LogP contribution in [-0.4, -0.2) is 17.1 Å². The Kier molecular flexibility index (Phi) is 4.62. The zero-order valence-electron chi connectivity index (χ0n) is 9.46. The molecule has 2 N–H and O–H groups in total. The number of phenolic OH excluding ortho intramolecular Hbond substituents is 1. The quantitative estimate of drug-likeness (QED) is 0.852. The highest BCUT2D eigenvalue weighted by Gasteiger charge is 2.11. The van der Waals surface area contributed by atoms with E-state index in [1.54, 1.807) is 6.07 Å². The maximum absolute atomic E-state index is 11.8. The fourth-order valence-electron chi connectivity index (χ4n) is 1.41. The molecule has 4 heteroatoms. The van der Waals surface area contributed by atoms with Gasteiger partial charge in [-0.1, -0.05) is 25.4 Å². The van der Waals surface area contributed by atoms with Crippen molar-refractivity contribution in [3.63, 3.8) is 0 Å². The lowest BCUT2D eigenvalue weighted by Gasteiger charge is -2.14. The number of hydrogen-bond donors (Lipinski definition) is 2. The Balaban J connectivity index is 2.76. The van der Waals surface area contributed by atoms with E-state index >= 15 is 0 Å². The van der Waals surface area contributed by atoms with Gasteiger partial charge in [0.2, 0.25) is 0 Å². The van der Waals surface area contributed by atoms with Crippen molar-refractivity contribution >= 4 is 17.5 Å². The van der Waals surface area contributed by atoms with Crippen LogP contribution in [0.3, 0.4) is 0 Å². The Bertz CT molecular complexity index is 375. The molecule has 0 unspecified atom stereocenters. The Morgan fingerprint density at radius 2 is 2.06 bits per heavy atom. The average molecular weight is 242 g/mol. The van der Waals surface area contributed by atoms with Crippen molar-refractivity contribution in [2.24, 2.45) is 0 Å². The van der Waals surface area contributed by atoms with E-state index in [-0.39, 0.29) is 22.7 Å². The van der Waals surface area contributed by atoms with E-state index in [1.807, 2.05) is 13.8 Å². The summed E-state index contributed by atoms with van der Waals surface area (Å²) in [6.45, 7) is 4.05. The second kappa shape index (κ2) is 5.75. The van der Waals surface area contributed by atoms with E-state index < -0.39 is 0 Å². The molecule has 1 amide bonds. The van der Waals surface area contributed by atoms with Crippen molar-refractivity contribution in [2.75, 3.05) is 0 Å². The summed E-state index contributed by atoms with van der Waals surface area (Å²) >= 11 is 5.73. The second-order valence-corrected chi connectivity index (χ2v) is 4.06. The third-order valence-electron chi connectivity index (χ3n) is 2.53. The number of carbonyl (C=O) groups excluding carboxylic acids is 1. The van der Waals surface area contributed by atoms with Gasteiger partial charge in [0.1, 0.15) is 5.75 Å². The van der Waals surface area contributed by atoms with Crippen molar-refractivity contribution in [1.82, 2.24) is 5.32 Å². The number of nitrogens with one attached hydrogen (secondary N) is 1. The predicted octanol–water partition coefficient (Wildman–Crippen LogP) is 2.96. The largest absolute Gasteiger partial charge is 0.506 e. The molecule has 0 bridgehead atoms. The zero-order chi connectivity index (χ0) is 12.1. The van der Waals surface area contributed by atoms with E-state index in [0.717, 1.165) is 12.8 Å². The van der Waals surface area contributed by atoms with Gasteiger partial charge in [-0.3, -0.25) is 4.79 Å². The standard InChI is InChI=1S/C12H16ClNO2/c1-3-9(4-2)14-12(16)8-5-6-11(15)10(13)7-8/h5-7,9,15H,3-4H2,1-2H3,(H,14,16). The monoisotopic (exact) mass is 241 g/mol. The highest BCUT2D eigenvalue weighted by molar-refractivity contribution is 6.32. The topological polar surface area (TPSA) is 49.3 Å². The van der Waals surface area contributed by atoms with Crippen LogP contribution in [0.2, 0.25) is 5.02 Å². The van der Waals surface area contributed by atoms with Crippen LogP contribution in [0.25, 0.3) is 0 Å². The van der Waals surface area contributed by atoms with Gasteiger partial charge in [-0.2, -0.15) is 0 Å². The molecule has 1 aromatic carbocycles. The molecule has 1 rings (SSSR count). The summed E-state index contributed by atoms with van der Waals surface area (Å²) in [6.07, 6.45) is 1.79. The van der Waals surface area contributed by atoms with Crippen molar-refractivity contribution in [3.05, 3.63) is 28.8 Å². The smallest absolute Gasteiger partial charge is 0.251 e. The lowest BCUT2D eigenvalue weighted by molar-refractivity contribution is 0.0935. The molecule has 0 radical (unpaired) electrons. The molecule has 88 valence electrons. The van der Waals surface area contributed by atoms with Crippen LogP contribution < -0.4 is 5.32 Å². The highest BCUT2D eigenvalue weighted by atomic mass is 35.5. The molecular weight excluding hydrogens is 226 g/mol. The lowest BCUT2D eigenvalue weighted by Crippen LogP contribution is -2.33. The first-order chi connectivity index (χ1) is 7.58. The number of rotatable bonds is 4. The van der Waals surface area contributed by atoms with Gasteiger partial charge in [-0.25, -0.2) is 0 Å². The Hall–Kier alpha value is -1.22. The molecule has 0 heterocycles. The Morgan fingerprint density at radius 3 is 2.56 bits per heavy atom. The molecule has 0 aliphatic rings. The van der Waals surface area contributed by atoms with Gasteiger partial charge in [-0.15, -0.1) is 0 Å². The maximum atomic E-state index is 11.8. The van der Waals surface area contributed by atoms with Crippen LogP contribution in [0, 0.1) is 0 Å². The van der Waals surface area contributed by atoms with Gasteiger partial charge < -0.3 is 10.4 Å². The number of phenols is 1. The summed E-state index contributed by atoms with van der Waals surface area (Å²) in [7, 11) is 0. The molecule has 0 spiro atoms. The molecule has 0 saturated heterocycles. The molecule has 0 saturated carbocycles. The average Bonchev–Trinajstić information content (AvgIpc) is 2.29. The van der Waals surface area contributed by atoms with E-state index in [1.165, 1.54) is 12.1 Å². The highest BCUT2D eigenvalue weighted by Crippen LogP contribution is 2.23. The third-order valence-corrected chi connectivity index (χ3v) is 2.83. The first kappa shape index (κ1) is 12.8. The van der Waals surface area contributed by atoms with Crippen molar-refractivity contribution in [3.8, 4) is 5.75 Å². The van der Waals surface area contributed by atoms with Gasteiger partial charge in [0.15, 0.2) is 0 Å². The number of benzene rings is 1. The Labute approximate surface area is 100 Å². The molecule has 16 heavy (non-hydrogen) atoms. The second-order valence-electron chi connectivity index (χ2n) is 3.65. The van der Waals surface area contributed by atoms with Crippen molar-refractivity contribution in [1.29, 1.82) is 0 Å². The van der Waals surface area contributed by atoms with Crippen molar-refractivity contribution in [2.45, 2.75) is 32.7 Å². The first-order valence-electron chi connectivity index (χ1n) is 5.37. The predicted molar refractivity (Wildman–Crippen MR) is 65.0 cm³/mol. The van der Waals surface area contributed by atoms with Crippen LogP contribution in [0.1, 0.15) is 37.0 Å². The number of amides is 1. The van der Waals surface area contributed by atoms with E-state index in [9.17, 15) is 9.90 Å². The number of aromatic hydroxyl groups is 1. The van der Waals surface area contributed by atoms with Gasteiger partial charge in [0, 0.05) is 11.6 Å². The zero-order valence-corrected chi connectivity index (χ0v) is 10.2. The minimum atomic E-state index is -0.157. The van der Waals surface area contributed by atoms with Crippen molar-refractivity contribution < 1.29 is 9.90 Å². The van der Waals surface area contributed by atoms with Crippen LogP contribution in [0.15, 0.2) is 18.2 Å². The van der Waals surface area contributed by atoms with Gasteiger partial charge in [0.05, 0.1) is 5.02 Å². The maximum Gasteiger partial charge on any atom is 0.251 e. The minimum absolute atomic E-state index is 0.0132. The number of hydrogen-bond acceptors (Lipinski definition) is 2. The Morgan fingerprint density at radius 1 is 1.44 bits per heavy atom. The minimum Gasteiger partial charge on any atom is -0.506 e. The van der Waals surface area contributed by atoms with Gasteiger partial charge in [0.25, 0.3) is 5.91 Å². The van der Waals surface area contributed by atoms with E-state index in [2.05, 4.69) is 5.32 Å². The molecule has 0 aliphatic heterocycles. The van der Waals surface area contributed by atoms with Gasteiger partial charge >= 0.3 is 0 Å². The van der Waals surface area contributed by atoms with E-state index in [0.29, 0.717) is 5.56 Å². The SMILES string of the molecule is CCC(CC)NC(=O)c1ccc(O)c(Cl)c1. The van der Waals surface area contributed by atoms with Gasteiger partial charge in [-0.05, 0) is 31.0 Å². The van der Waals surface area contributed by atoms with Crippen LogP contribution in [-0.2, 0) is 0 Å². The summed E-state index contributed by atoms with van der Waals surface area (Å²) < 4.78 is 0.